The van der Waals surface area contributed by atoms with Gasteiger partial charge in [0.15, 0.2) is 0 Å². The molecule has 1 N–H and O–H groups in total. The molecular formula is C12H11N3O5. The molecule has 0 atom stereocenters. The van der Waals surface area contributed by atoms with Crippen LogP contribution >= 0.6 is 0 Å². The molecule has 104 valence electrons. The third-order valence-electron chi connectivity index (χ3n) is 2.61. The van der Waals surface area contributed by atoms with E-state index in [0.29, 0.717) is 5.65 Å². The summed E-state index contributed by atoms with van der Waals surface area (Å²) >= 11 is 0. The molecular weight excluding hydrogens is 266 g/mol. The maximum atomic E-state index is 11.4. The van der Waals surface area contributed by atoms with E-state index in [-0.39, 0.29) is 30.1 Å². The molecule has 2 heterocycles. The van der Waals surface area contributed by atoms with E-state index in [4.69, 9.17) is 9.84 Å². The van der Waals surface area contributed by atoms with Crippen LogP contribution in [0.3, 0.4) is 0 Å². The lowest BCUT2D eigenvalue weighted by Gasteiger charge is -1.99. The van der Waals surface area contributed by atoms with E-state index in [1.165, 1.54) is 22.7 Å². The minimum atomic E-state index is -1.13. The number of carboxylic acid groups (broad SMARTS) is 1. The monoisotopic (exact) mass is 277 g/mol. The van der Waals surface area contributed by atoms with Crippen molar-refractivity contribution >= 4 is 23.4 Å². The van der Waals surface area contributed by atoms with Crippen LogP contribution in [0, 0.1) is 4.91 Å². The molecule has 0 spiro atoms. The van der Waals surface area contributed by atoms with Crippen molar-refractivity contribution in [2.75, 3.05) is 6.61 Å². The predicted octanol–water partition coefficient (Wildman–Crippen LogP) is 1.54. The van der Waals surface area contributed by atoms with Crippen LogP contribution in [0.4, 0.5) is 5.82 Å². The Kier molecular flexibility index (Phi) is 3.74. The third-order valence-corrected chi connectivity index (χ3v) is 2.61. The predicted molar refractivity (Wildman–Crippen MR) is 67.9 cm³/mol. The van der Waals surface area contributed by atoms with Crippen LogP contribution in [0.2, 0.25) is 0 Å². The molecule has 0 unspecified atom stereocenters. The first-order valence-electron chi connectivity index (χ1n) is 5.80. The van der Waals surface area contributed by atoms with Crippen LogP contribution in [0.25, 0.3) is 5.65 Å². The smallest absolute Gasteiger partial charge is 0.337 e. The lowest BCUT2D eigenvalue weighted by Crippen LogP contribution is -2.07. The van der Waals surface area contributed by atoms with Crippen LogP contribution in [-0.4, -0.2) is 33.0 Å². The van der Waals surface area contributed by atoms with E-state index >= 15 is 0 Å². The van der Waals surface area contributed by atoms with Gasteiger partial charge in [0.25, 0.3) is 0 Å². The maximum absolute atomic E-state index is 11.4. The molecule has 8 heteroatoms. The number of rotatable bonds is 5. The van der Waals surface area contributed by atoms with E-state index in [1.54, 1.807) is 6.92 Å². The van der Waals surface area contributed by atoms with Crippen LogP contribution in [-0.2, 0) is 16.0 Å². The number of nitrogens with zero attached hydrogens (tertiary/aromatic N) is 3. The Hall–Kier alpha value is -2.77. The average molecular weight is 277 g/mol. The molecule has 2 aromatic rings. The van der Waals surface area contributed by atoms with Crippen molar-refractivity contribution in [3.8, 4) is 0 Å². The number of aromatic carboxylic acids is 1. The zero-order valence-electron chi connectivity index (χ0n) is 10.6. The van der Waals surface area contributed by atoms with Crippen LogP contribution < -0.4 is 0 Å². The molecule has 0 aliphatic heterocycles. The summed E-state index contributed by atoms with van der Waals surface area (Å²) in [6.45, 7) is 1.89. The highest BCUT2D eigenvalue weighted by Crippen LogP contribution is 2.22. The number of aromatic nitrogens is 2. The molecule has 0 aliphatic rings. The largest absolute Gasteiger partial charge is 0.478 e. The molecule has 2 aromatic heterocycles. The summed E-state index contributed by atoms with van der Waals surface area (Å²) in [6.07, 6.45) is 1.04. The highest BCUT2D eigenvalue weighted by molar-refractivity contribution is 5.87. The molecule has 20 heavy (non-hydrogen) atoms. The molecule has 0 fully saturated rings. The number of hydrogen-bond acceptors (Lipinski definition) is 6. The van der Waals surface area contributed by atoms with Gasteiger partial charge in [-0.1, -0.05) is 0 Å². The van der Waals surface area contributed by atoms with Gasteiger partial charge in [-0.25, -0.2) is 9.78 Å². The number of carbonyl (C=O) groups excluding carboxylic acids is 1. The van der Waals surface area contributed by atoms with E-state index in [0.717, 1.165) is 0 Å². The fourth-order valence-electron chi connectivity index (χ4n) is 1.77. The van der Waals surface area contributed by atoms with Crippen molar-refractivity contribution in [2.45, 2.75) is 13.3 Å². The Labute approximate surface area is 113 Å². The van der Waals surface area contributed by atoms with Gasteiger partial charge in [0.05, 0.1) is 18.6 Å². The number of fused-ring (bicyclic) bond motifs is 1. The fourth-order valence-corrected chi connectivity index (χ4v) is 1.77. The Morgan fingerprint density at radius 2 is 2.20 bits per heavy atom. The SMILES string of the molecule is CCOC(=O)Cc1nc2ccc(C(=O)O)cn2c1N=O. The minimum Gasteiger partial charge on any atom is -0.478 e. The first kappa shape index (κ1) is 13.7. The highest BCUT2D eigenvalue weighted by Gasteiger charge is 2.18. The van der Waals surface area contributed by atoms with Gasteiger partial charge < -0.3 is 9.84 Å². The van der Waals surface area contributed by atoms with Gasteiger partial charge in [0.2, 0.25) is 5.82 Å². The molecule has 2 rings (SSSR count). The minimum absolute atomic E-state index is 0.0116. The highest BCUT2D eigenvalue weighted by atomic mass is 16.5. The van der Waals surface area contributed by atoms with Gasteiger partial charge >= 0.3 is 11.9 Å². The standard InChI is InChI=1S/C12H11N3O5/c1-2-20-10(16)5-8-11(14-19)15-6-7(12(17)18)3-4-9(15)13-8/h3-4,6H,2,5H2,1H3,(H,17,18). The number of carbonyl (C=O) groups is 2. The molecule has 0 amide bonds. The van der Waals surface area contributed by atoms with Gasteiger partial charge in [-0.05, 0) is 24.2 Å². The van der Waals surface area contributed by atoms with Crippen molar-refractivity contribution in [2.24, 2.45) is 5.18 Å². The summed E-state index contributed by atoms with van der Waals surface area (Å²) in [7, 11) is 0. The van der Waals surface area contributed by atoms with E-state index in [2.05, 4.69) is 10.2 Å². The van der Waals surface area contributed by atoms with Gasteiger partial charge in [-0.3, -0.25) is 9.20 Å². The lowest BCUT2D eigenvalue weighted by molar-refractivity contribution is -0.142. The fraction of sp³-hybridized carbons (Fsp3) is 0.250. The van der Waals surface area contributed by atoms with Crippen molar-refractivity contribution in [3.05, 3.63) is 34.5 Å². The zero-order valence-corrected chi connectivity index (χ0v) is 10.6. The molecule has 8 nitrogen and oxygen atoms in total. The van der Waals surface area contributed by atoms with Crippen LogP contribution in [0.15, 0.2) is 23.5 Å². The summed E-state index contributed by atoms with van der Waals surface area (Å²) in [5, 5.41) is 11.7. The molecule has 0 saturated carbocycles. The summed E-state index contributed by atoms with van der Waals surface area (Å²) < 4.78 is 6.02. The van der Waals surface area contributed by atoms with Gasteiger partial charge in [-0.15, -0.1) is 4.91 Å². The molecule has 0 aromatic carbocycles. The topological polar surface area (TPSA) is 110 Å². The zero-order chi connectivity index (χ0) is 14.7. The summed E-state index contributed by atoms with van der Waals surface area (Å²) in [5.74, 6) is -1.76. The number of ether oxygens (including phenoxy) is 1. The maximum Gasteiger partial charge on any atom is 0.337 e. The van der Waals surface area contributed by atoms with E-state index < -0.39 is 11.9 Å². The first-order valence-corrected chi connectivity index (χ1v) is 5.80. The van der Waals surface area contributed by atoms with Crippen LogP contribution in [0.5, 0.6) is 0 Å². The van der Waals surface area contributed by atoms with Gasteiger partial charge in [0.1, 0.15) is 11.3 Å². The number of hydrogen-bond donors (Lipinski definition) is 1. The van der Waals surface area contributed by atoms with Crippen molar-refractivity contribution < 1.29 is 19.4 Å². The van der Waals surface area contributed by atoms with Crippen molar-refractivity contribution in [1.82, 2.24) is 9.38 Å². The second kappa shape index (κ2) is 5.47. The van der Waals surface area contributed by atoms with E-state index in [1.807, 2.05) is 0 Å². The van der Waals surface area contributed by atoms with Gasteiger partial charge in [-0.2, -0.15) is 0 Å². The lowest BCUT2D eigenvalue weighted by atomic mass is 10.3. The summed E-state index contributed by atoms with van der Waals surface area (Å²) in [6, 6.07) is 2.79. The third kappa shape index (κ3) is 2.48. The number of carboxylic acids is 1. The molecule has 0 radical (unpaired) electrons. The Morgan fingerprint density at radius 1 is 1.45 bits per heavy atom. The Morgan fingerprint density at radius 3 is 2.80 bits per heavy atom. The van der Waals surface area contributed by atoms with Crippen molar-refractivity contribution in [1.29, 1.82) is 0 Å². The van der Waals surface area contributed by atoms with Crippen LogP contribution in [0.1, 0.15) is 23.0 Å². The first-order chi connectivity index (χ1) is 9.56. The quantitative estimate of drug-likeness (QED) is 0.655. The average Bonchev–Trinajstić information content (AvgIpc) is 2.74. The number of nitroso groups, excluding NO2 is 1. The Bertz CT molecular complexity index is 692. The summed E-state index contributed by atoms with van der Waals surface area (Å²) in [4.78, 5) is 37.3. The summed E-state index contributed by atoms with van der Waals surface area (Å²) in [5.41, 5.74) is 0.479. The number of esters is 1. The number of imidazole rings is 1. The Balaban J connectivity index is 2.48. The van der Waals surface area contributed by atoms with Gasteiger partial charge in [0, 0.05) is 6.20 Å². The van der Waals surface area contributed by atoms with E-state index in [9.17, 15) is 14.5 Å². The molecule has 0 bridgehead atoms. The molecule has 0 aliphatic carbocycles. The number of pyridine rings is 1. The van der Waals surface area contributed by atoms with Crippen molar-refractivity contribution in [3.63, 3.8) is 0 Å². The second-order valence-electron chi connectivity index (χ2n) is 3.91. The molecule has 0 saturated heterocycles. The normalized spacial score (nSPS) is 10.4. The second-order valence-corrected chi connectivity index (χ2v) is 3.91.